The number of pyridine rings is 3. The van der Waals surface area contributed by atoms with Gasteiger partial charge in [0.25, 0.3) is 0 Å². The smallest absolute Gasteiger partial charge is 0.323 e. The van der Waals surface area contributed by atoms with Gasteiger partial charge in [-0.3, -0.25) is 24.9 Å². The predicted octanol–water partition coefficient (Wildman–Crippen LogP) is 10.7. The lowest BCUT2D eigenvalue weighted by Crippen LogP contribution is -2.49. The number of aliphatic hydroxyl groups is 2. The van der Waals surface area contributed by atoms with Gasteiger partial charge in [0.05, 0.1) is 55.4 Å². The zero-order chi connectivity index (χ0) is 59.9. The summed E-state index contributed by atoms with van der Waals surface area (Å²) < 4.78 is 46.8. The molecule has 85 heavy (non-hydrogen) atoms. The van der Waals surface area contributed by atoms with Crippen molar-refractivity contribution in [2.24, 2.45) is 17.6 Å². The summed E-state index contributed by atoms with van der Waals surface area (Å²) >= 11 is 11.8. The van der Waals surface area contributed by atoms with Crippen molar-refractivity contribution in [3.05, 3.63) is 172 Å². The highest BCUT2D eigenvalue weighted by molar-refractivity contribution is 7.84. The number of amides is 6. The Labute approximate surface area is 511 Å². The van der Waals surface area contributed by atoms with E-state index < -0.39 is 86.6 Å². The average molecular weight is 1250 g/mol. The van der Waals surface area contributed by atoms with Gasteiger partial charge in [-0.1, -0.05) is 61.0 Å². The molecule has 4 fully saturated rings. The number of nitrogens with two attached hydrogens (primary N) is 1. The van der Waals surface area contributed by atoms with E-state index in [1.807, 2.05) is 45.0 Å². The molecule has 5 heterocycles. The summed E-state index contributed by atoms with van der Waals surface area (Å²) in [7, 11) is -1.50. The summed E-state index contributed by atoms with van der Waals surface area (Å²) in [5.74, 6) is -1.10. The molecule has 9 N–H and O–H groups in total. The number of nitrogens with zero attached hydrogens (tertiary/aromatic N) is 5. The fourth-order valence-corrected chi connectivity index (χ4v) is 11.7. The average Bonchev–Trinajstić information content (AvgIpc) is 3.80. The summed E-state index contributed by atoms with van der Waals surface area (Å²) in [5, 5.41) is 32.2. The van der Waals surface area contributed by atoms with E-state index in [9.17, 15) is 38.0 Å². The molecule has 2 saturated carbocycles. The number of carbonyl (C=O) groups excluding carboxylic acids is 4. The maximum Gasteiger partial charge on any atom is 0.323 e. The van der Waals surface area contributed by atoms with Crippen molar-refractivity contribution in [1.82, 2.24) is 29.5 Å². The maximum atomic E-state index is 15.4. The molecule has 0 bridgehead atoms. The van der Waals surface area contributed by atoms with Crippen LogP contribution in [-0.2, 0) is 31.7 Å². The summed E-state index contributed by atoms with van der Waals surface area (Å²) in [6.45, 7) is 5.53. The van der Waals surface area contributed by atoms with Crippen LogP contribution < -0.4 is 31.7 Å². The Kier molecular flexibility index (Phi) is 21.0. The third kappa shape index (κ3) is 16.2. The van der Waals surface area contributed by atoms with E-state index in [-0.39, 0.29) is 55.5 Å². The molecule has 24 heteroatoms. The highest BCUT2D eigenvalue weighted by Gasteiger charge is 2.43. The number of nitrogens with one attached hydrogen (secondary N) is 5. The van der Waals surface area contributed by atoms with Crippen LogP contribution in [0.3, 0.4) is 0 Å². The third-order valence-electron chi connectivity index (χ3n) is 15.7. The van der Waals surface area contributed by atoms with E-state index in [0.717, 1.165) is 36.8 Å². The molecule has 452 valence electrons. The lowest BCUT2D eigenvalue weighted by Gasteiger charge is -2.38. The minimum Gasteiger partial charge on any atom is -0.391 e. The molecule has 6 amide bonds. The number of hydrogen-bond acceptors (Lipinski definition) is 11. The van der Waals surface area contributed by atoms with Crippen molar-refractivity contribution in [2.75, 3.05) is 34.4 Å². The van der Waals surface area contributed by atoms with Gasteiger partial charge >= 0.3 is 12.1 Å². The van der Waals surface area contributed by atoms with Crippen LogP contribution in [0.1, 0.15) is 107 Å². The minimum absolute atomic E-state index is 0. The molecular weight excluding hydrogens is 1180 g/mol. The molecule has 4 aliphatic rings. The molecule has 6 aromatic rings. The van der Waals surface area contributed by atoms with Crippen LogP contribution in [-0.4, -0.2) is 105 Å². The SMILES string of the molecule is CC(C)(C)[S@@](=O)NC(CCC1CC1)(c1ccncc1)c1ccc(F)c(NC(=O)[C@H]2C[C@@H](O)CN2C(=O)Nc2ccc(Cl)cc2)c1.Cl.NC(CCC1CC1)(c1ccncc1)c1ccc(F)c(NC(=O)[C@H]2C[C@@H](O)CN2C(=O)Nc2ccc(Cl)cn2)c1. The number of rotatable bonds is 18. The third-order valence-corrected chi connectivity index (χ3v) is 17.8. The van der Waals surface area contributed by atoms with Gasteiger partial charge in [0.1, 0.15) is 29.5 Å². The van der Waals surface area contributed by atoms with E-state index in [0.29, 0.717) is 51.5 Å². The Balaban J connectivity index is 0.000000221. The Morgan fingerprint density at radius 3 is 1.62 bits per heavy atom. The van der Waals surface area contributed by atoms with Crippen LogP contribution in [0.25, 0.3) is 0 Å². The molecule has 7 atom stereocenters. The molecule has 0 spiro atoms. The first-order valence-corrected chi connectivity index (χ1v) is 29.9. The normalized spacial score (nSPS) is 20.1. The van der Waals surface area contributed by atoms with Crippen molar-refractivity contribution >= 4 is 93.4 Å². The number of anilines is 4. The molecule has 2 aliphatic heterocycles. The van der Waals surface area contributed by atoms with Crippen LogP contribution in [0.4, 0.5) is 41.2 Å². The zero-order valence-corrected chi connectivity index (χ0v) is 50.3. The van der Waals surface area contributed by atoms with Gasteiger partial charge in [-0.05, 0) is 165 Å². The van der Waals surface area contributed by atoms with E-state index in [2.05, 4.69) is 40.9 Å². The largest absolute Gasteiger partial charge is 0.391 e. The monoisotopic (exact) mass is 1240 g/mol. The fourth-order valence-electron chi connectivity index (χ4n) is 10.5. The zero-order valence-electron chi connectivity index (χ0n) is 47.2. The Hall–Kier alpha value is -6.69. The highest BCUT2D eigenvalue weighted by atomic mass is 35.5. The molecular formula is C61H70Cl3F2N11O7S. The summed E-state index contributed by atoms with van der Waals surface area (Å²) in [6.07, 6.45) is 13.9. The Bertz CT molecular complexity index is 3340. The van der Waals surface area contributed by atoms with Gasteiger partial charge in [-0.25, -0.2) is 32.3 Å². The van der Waals surface area contributed by atoms with Crippen molar-refractivity contribution in [2.45, 2.75) is 125 Å². The van der Waals surface area contributed by atoms with Gasteiger partial charge in [0, 0.05) is 67.6 Å². The number of β-amino-alcohol motifs (C(OH)–C–C–N with tert-alkyl or cyclic N) is 2. The predicted molar refractivity (Wildman–Crippen MR) is 327 cm³/mol. The first-order chi connectivity index (χ1) is 40.1. The topological polar surface area (TPSA) is 257 Å². The number of aromatic nitrogens is 3. The number of halogens is 5. The van der Waals surface area contributed by atoms with Crippen LogP contribution in [0, 0.1) is 23.5 Å². The van der Waals surface area contributed by atoms with Crippen molar-refractivity contribution in [3.8, 4) is 0 Å². The first kappa shape index (κ1) is 64.3. The standard InChI is InChI=1S/C33H39ClFN5O4S.C28H30ClFN6O3.ClH/c1-32(2,3)45(44)39-33(15-12-21-4-5-21,22-13-16-36-17-14-22)23-6-11-27(35)28(18-23)38-30(42)29-19-26(41)20-40(29)31(43)37-25-9-7-24(34)8-10-25;29-20-4-6-25(33-15-20)35-27(39)36-16-21(37)14-24(36)26(38)34-23-13-19(3-5-22(23)30)28(31,10-7-17-1-2-17)18-8-11-32-12-9-18;/h6-11,13-14,16-18,21,26,29,39,41H,4-5,12,15,19-20H2,1-3H3,(H,37,43)(H,38,42);3-6,8-9,11-13,15,17,21,24,37H,1-2,7,10,14,16,31H2,(H,34,38)(H,33,35,39);1H/t26-,29-,33?,45-;21-,24-,28?;/m11./s1. The van der Waals surface area contributed by atoms with Crippen LogP contribution in [0.2, 0.25) is 10.0 Å². The van der Waals surface area contributed by atoms with Crippen molar-refractivity contribution in [1.29, 1.82) is 0 Å². The van der Waals surface area contributed by atoms with Crippen LogP contribution in [0.5, 0.6) is 0 Å². The van der Waals surface area contributed by atoms with Gasteiger partial charge in [-0.15, -0.1) is 12.4 Å². The summed E-state index contributed by atoms with van der Waals surface area (Å²) in [6, 6.07) is 22.7. The van der Waals surface area contributed by atoms with Gasteiger partial charge in [-0.2, -0.15) is 0 Å². The second-order valence-corrected chi connectivity index (χ2v) is 25.8. The van der Waals surface area contributed by atoms with E-state index >= 15 is 4.39 Å². The second-order valence-electron chi connectivity index (χ2n) is 23.0. The van der Waals surface area contributed by atoms with E-state index in [4.69, 9.17) is 28.9 Å². The lowest BCUT2D eigenvalue weighted by atomic mass is 9.79. The van der Waals surface area contributed by atoms with E-state index in [1.165, 1.54) is 47.0 Å². The Morgan fingerprint density at radius 2 is 1.12 bits per heavy atom. The van der Waals surface area contributed by atoms with Gasteiger partial charge in [0.15, 0.2) is 0 Å². The second kappa shape index (κ2) is 27.8. The first-order valence-electron chi connectivity index (χ1n) is 28.0. The van der Waals surface area contributed by atoms with Crippen molar-refractivity contribution in [3.63, 3.8) is 0 Å². The lowest BCUT2D eigenvalue weighted by molar-refractivity contribution is -0.120. The van der Waals surface area contributed by atoms with Gasteiger partial charge in [0.2, 0.25) is 11.8 Å². The maximum absolute atomic E-state index is 15.4. The highest BCUT2D eigenvalue weighted by Crippen LogP contribution is 2.44. The summed E-state index contributed by atoms with van der Waals surface area (Å²) in [5.41, 5.74) is 8.41. The van der Waals surface area contributed by atoms with E-state index in [1.54, 1.807) is 79.4 Å². The minimum atomic E-state index is -1.50. The van der Waals surface area contributed by atoms with Crippen LogP contribution in [0.15, 0.2) is 128 Å². The number of hydrogen-bond donors (Lipinski definition) is 8. The fraction of sp³-hybridized carbons (Fsp3) is 0.393. The number of benzene rings is 3. The summed E-state index contributed by atoms with van der Waals surface area (Å²) in [4.78, 5) is 67.6. The molecule has 2 saturated heterocycles. The van der Waals surface area contributed by atoms with Crippen LogP contribution >= 0.6 is 35.6 Å². The molecule has 2 unspecified atom stereocenters. The molecule has 3 aromatic carbocycles. The van der Waals surface area contributed by atoms with Gasteiger partial charge < -0.3 is 41.7 Å². The quantitative estimate of drug-likeness (QED) is 0.0401. The molecule has 0 radical (unpaired) electrons. The molecule has 10 rings (SSSR count). The number of carbonyl (C=O) groups is 4. The van der Waals surface area contributed by atoms with Crippen molar-refractivity contribution < 1.29 is 42.4 Å². The molecule has 18 nitrogen and oxygen atoms in total. The molecule has 3 aromatic heterocycles. The number of aliphatic hydroxyl groups excluding tert-OH is 2. The Morgan fingerprint density at radius 1 is 0.635 bits per heavy atom. The molecule has 2 aliphatic carbocycles. The number of likely N-dealkylation sites (tertiary alicyclic amines) is 2. The number of urea groups is 2.